The van der Waals surface area contributed by atoms with Gasteiger partial charge in [-0.25, -0.2) is 14.9 Å². The van der Waals surface area contributed by atoms with Gasteiger partial charge in [0.15, 0.2) is 0 Å². The Kier molecular flexibility index (Phi) is 7.82. The minimum Gasteiger partial charge on any atom is -0.598 e. The van der Waals surface area contributed by atoms with Gasteiger partial charge in [-0.1, -0.05) is 19.9 Å². The Morgan fingerprint density at radius 3 is 2.75 bits per heavy atom. The van der Waals surface area contributed by atoms with Crippen molar-refractivity contribution in [2.24, 2.45) is 17.6 Å². The number of nitrogens with one attached hydrogen (secondary N) is 3. The van der Waals surface area contributed by atoms with Crippen LogP contribution in [0, 0.1) is 17.0 Å². The third-order valence-electron chi connectivity index (χ3n) is 5.47. The number of quaternary nitrogens is 1. The van der Waals surface area contributed by atoms with Gasteiger partial charge in [0.1, 0.15) is 12.6 Å². The van der Waals surface area contributed by atoms with Gasteiger partial charge in [0.2, 0.25) is 11.6 Å². The third kappa shape index (κ3) is 5.02. The smallest absolute Gasteiger partial charge is 0.318 e. The highest BCUT2D eigenvalue weighted by atomic mass is 16.9. The second-order valence-electron chi connectivity index (χ2n) is 8.09. The Morgan fingerprint density at radius 1 is 1.50 bits per heavy atom. The number of hydrogen-bond acceptors (Lipinski definition) is 5. The van der Waals surface area contributed by atoms with E-state index in [2.05, 4.69) is 31.1 Å². The molecule has 0 aromatic heterocycles. The maximum atomic E-state index is 12.9. The second kappa shape index (κ2) is 9.69. The minimum absolute atomic E-state index is 0.128. The number of nitrogens with two attached hydrogens (primary N) is 1. The van der Waals surface area contributed by atoms with E-state index in [-0.39, 0.29) is 30.5 Å². The van der Waals surface area contributed by atoms with Gasteiger partial charge in [0.05, 0.1) is 5.92 Å². The number of nitrogens with zero attached hydrogens (tertiary/aromatic N) is 1. The molecule has 5 atom stereocenters. The van der Waals surface area contributed by atoms with Crippen molar-refractivity contribution in [1.82, 2.24) is 15.5 Å². The molecule has 5 N–H and O–H groups in total. The highest BCUT2D eigenvalue weighted by Crippen LogP contribution is 2.39. The van der Waals surface area contributed by atoms with E-state index >= 15 is 0 Å². The van der Waals surface area contributed by atoms with Gasteiger partial charge in [-0.3, -0.25) is 10.1 Å². The van der Waals surface area contributed by atoms with Crippen molar-refractivity contribution in [1.29, 1.82) is 0 Å². The van der Waals surface area contributed by atoms with Crippen LogP contribution in [0.5, 0.6) is 0 Å². The number of carbonyl (C=O) groups excluding carboxylic acids is 2. The molecule has 160 valence electrons. The Bertz CT molecular complexity index is 573. The van der Waals surface area contributed by atoms with E-state index in [0.29, 0.717) is 31.8 Å². The molecular weight excluding hydrogens is 362 g/mol. The molecule has 2 fully saturated rings. The van der Waals surface area contributed by atoms with Crippen molar-refractivity contribution in [3.8, 4) is 0 Å². The van der Waals surface area contributed by atoms with Crippen LogP contribution in [0.4, 0.5) is 4.79 Å². The fourth-order valence-electron chi connectivity index (χ4n) is 3.89. The summed E-state index contributed by atoms with van der Waals surface area (Å²) in [7, 11) is 0. The van der Waals surface area contributed by atoms with E-state index in [1.807, 2.05) is 0 Å². The summed E-state index contributed by atoms with van der Waals surface area (Å²) in [5, 5.41) is 17.7. The van der Waals surface area contributed by atoms with E-state index in [1.54, 1.807) is 17.9 Å². The highest BCUT2D eigenvalue weighted by Gasteiger charge is 2.62. The molecule has 2 aliphatic rings. The van der Waals surface area contributed by atoms with E-state index in [0.717, 1.165) is 12.8 Å². The molecule has 0 radical (unpaired) electrons. The average Bonchev–Trinajstić information content (AvgIpc) is 3.13. The van der Waals surface area contributed by atoms with Crippen LogP contribution in [0.15, 0.2) is 12.7 Å². The third-order valence-corrected chi connectivity index (χ3v) is 5.47. The van der Waals surface area contributed by atoms with E-state index < -0.39 is 16.9 Å². The topological polar surface area (TPSA) is 124 Å². The molecule has 2 rings (SSSR count). The molecule has 0 aromatic carbocycles. The quantitative estimate of drug-likeness (QED) is 0.233. The summed E-state index contributed by atoms with van der Waals surface area (Å²) in [6.07, 6.45) is 4.21. The lowest BCUT2D eigenvalue weighted by molar-refractivity contribution is -1.08. The van der Waals surface area contributed by atoms with E-state index in [4.69, 9.17) is 10.6 Å². The zero-order chi connectivity index (χ0) is 20.9. The Labute approximate surface area is 167 Å². The molecule has 1 saturated carbocycles. The van der Waals surface area contributed by atoms with Crippen molar-refractivity contribution in [2.75, 3.05) is 19.7 Å². The van der Waals surface area contributed by atoms with Crippen LogP contribution in [0.1, 0.15) is 46.5 Å². The standard InChI is InChI=1S/C19H35N5O4/c1-5-14-11-19(14,24(27)28-6-2)22-17(25)16-8-7-9-23(16)18(26)21-15(12-20)10-13(3)4/h5,13-16,24H,1,6-12,20H2,2-4H3,(H,21,26)(H,22,25). The predicted molar refractivity (Wildman–Crippen MR) is 106 cm³/mol. The minimum atomic E-state index is -1.04. The number of hydroxylamine groups is 2. The van der Waals surface area contributed by atoms with Crippen molar-refractivity contribution >= 4 is 11.9 Å². The SMILES string of the molecule is C=CC1CC1(NC(=O)C1CCCN1C(=O)NC(CN)CC(C)C)[NH+]([O-])OCC. The van der Waals surface area contributed by atoms with Crippen LogP contribution in [0.25, 0.3) is 0 Å². The van der Waals surface area contributed by atoms with E-state index in [9.17, 15) is 14.8 Å². The molecule has 1 heterocycles. The Hall–Kier alpha value is -1.68. The molecule has 28 heavy (non-hydrogen) atoms. The first kappa shape index (κ1) is 22.6. The molecule has 0 spiro atoms. The summed E-state index contributed by atoms with van der Waals surface area (Å²) in [5.41, 5.74) is 4.73. The fourth-order valence-corrected chi connectivity index (χ4v) is 3.89. The van der Waals surface area contributed by atoms with Gasteiger partial charge in [0, 0.05) is 25.6 Å². The normalized spacial score (nSPS) is 28.7. The molecule has 9 heteroatoms. The van der Waals surface area contributed by atoms with Gasteiger partial charge < -0.3 is 21.2 Å². The summed E-state index contributed by atoms with van der Waals surface area (Å²) < 4.78 is 0. The number of rotatable bonds is 10. The van der Waals surface area contributed by atoms with Crippen LogP contribution in [-0.4, -0.2) is 54.3 Å². The van der Waals surface area contributed by atoms with Crippen LogP contribution in [0.3, 0.4) is 0 Å². The van der Waals surface area contributed by atoms with Crippen LogP contribution < -0.4 is 21.6 Å². The van der Waals surface area contributed by atoms with Crippen LogP contribution in [-0.2, 0) is 9.63 Å². The van der Waals surface area contributed by atoms with E-state index in [1.165, 1.54) is 0 Å². The van der Waals surface area contributed by atoms with Crippen molar-refractivity contribution < 1.29 is 19.7 Å². The van der Waals surface area contributed by atoms with Gasteiger partial charge >= 0.3 is 6.03 Å². The van der Waals surface area contributed by atoms with Crippen LogP contribution >= 0.6 is 0 Å². The lowest BCUT2D eigenvalue weighted by Gasteiger charge is -2.32. The molecule has 9 nitrogen and oxygen atoms in total. The fraction of sp³-hybridized carbons (Fsp3) is 0.789. The molecule has 1 aliphatic carbocycles. The van der Waals surface area contributed by atoms with Crippen molar-refractivity contribution in [2.45, 2.75) is 64.2 Å². The van der Waals surface area contributed by atoms with Gasteiger partial charge in [0.25, 0.3) is 0 Å². The molecule has 3 amide bonds. The first-order chi connectivity index (χ1) is 13.3. The maximum absolute atomic E-state index is 12.9. The molecule has 1 aliphatic heterocycles. The summed E-state index contributed by atoms with van der Waals surface area (Å²) in [5.74, 6) is -0.0632. The Morgan fingerprint density at radius 2 is 2.21 bits per heavy atom. The number of urea groups is 1. The van der Waals surface area contributed by atoms with Crippen LogP contribution in [0.2, 0.25) is 0 Å². The first-order valence-corrected chi connectivity index (χ1v) is 10.2. The molecule has 0 bridgehead atoms. The van der Waals surface area contributed by atoms with Gasteiger partial charge in [-0.15, -0.1) is 6.58 Å². The predicted octanol–water partition coefficient (Wildman–Crippen LogP) is -0.114. The van der Waals surface area contributed by atoms with Gasteiger partial charge in [-0.05, 0) is 32.1 Å². The second-order valence-corrected chi connectivity index (χ2v) is 8.09. The number of likely N-dealkylation sites (tertiary alicyclic amines) is 1. The number of amides is 3. The Balaban J connectivity index is 2.02. The summed E-state index contributed by atoms with van der Waals surface area (Å²) in [4.78, 5) is 32.3. The number of hydrogen-bond donors (Lipinski definition) is 4. The molecule has 1 saturated heterocycles. The first-order valence-electron chi connectivity index (χ1n) is 10.2. The molecule has 0 aromatic rings. The van der Waals surface area contributed by atoms with Crippen molar-refractivity contribution in [3.63, 3.8) is 0 Å². The zero-order valence-corrected chi connectivity index (χ0v) is 17.2. The lowest BCUT2D eigenvalue weighted by Crippen LogP contribution is -3.15. The highest BCUT2D eigenvalue weighted by molar-refractivity contribution is 5.88. The monoisotopic (exact) mass is 397 g/mol. The lowest BCUT2D eigenvalue weighted by atomic mass is 10.0. The van der Waals surface area contributed by atoms with Gasteiger partial charge in [-0.2, -0.15) is 0 Å². The molecular formula is C19H35N5O4. The molecule has 5 unspecified atom stereocenters. The summed E-state index contributed by atoms with van der Waals surface area (Å²) >= 11 is 0. The number of carbonyl (C=O) groups is 2. The zero-order valence-electron chi connectivity index (χ0n) is 17.2. The maximum Gasteiger partial charge on any atom is 0.318 e. The average molecular weight is 398 g/mol. The van der Waals surface area contributed by atoms with Crippen molar-refractivity contribution in [3.05, 3.63) is 17.9 Å². The largest absolute Gasteiger partial charge is 0.598 e. The summed E-state index contributed by atoms with van der Waals surface area (Å²) in [6, 6.07) is -1.01. The summed E-state index contributed by atoms with van der Waals surface area (Å²) in [6.45, 7) is 10.7.